The van der Waals surface area contributed by atoms with Gasteiger partial charge in [-0.1, -0.05) is 12.1 Å². The highest BCUT2D eigenvalue weighted by Gasteiger charge is 2.31. The largest absolute Gasteiger partial charge is 0.573 e. The van der Waals surface area contributed by atoms with Crippen LogP contribution in [-0.4, -0.2) is 39.4 Å². The molecule has 0 saturated heterocycles. The van der Waals surface area contributed by atoms with E-state index in [0.29, 0.717) is 22.4 Å². The van der Waals surface area contributed by atoms with Gasteiger partial charge in [0.1, 0.15) is 5.75 Å². The molecule has 1 unspecified atom stereocenters. The summed E-state index contributed by atoms with van der Waals surface area (Å²) in [6.45, 7) is 0. The average Bonchev–Trinajstić information content (AvgIpc) is 3.26. The smallest absolute Gasteiger partial charge is 0.469 e. The molecular formula is C19H19F3N4O4. The molecule has 0 spiro atoms. The lowest BCUT2D eigenvalue weighted by Gasteiger charge is -2.14. The van der Waals surface area contributed by atoms with Gasteiger partial charge in [0.25, 0.3) is 5.56 Å². The molecule has 0 fully saturated rings. The van der Waals surface area contributed by atoms with E-state index in [1.165, 1.54) is 31.4 Å². The molecule has 1 aromatic carbocycles. The lowest BCUT2D eigenvalue weighted by molar-refractivity contribution is -0.274. The minimum atomic E-state index is -4.77. The normalized spacial score (nSPS) is 12.6. The molecular weight excluding hydrogens is 405 g/mol. The van der Waals surface area contributed by atoms with E-state index >= 15 is 0 Å². The van der Waals surface area contributed by atoms with Crippen LogP contribution in [0, 0.1) is 0 Å². The van der Waals surface area contributed by atoms with Gasteiger partial charge < -0.3 is 14.6 Å². The van der Waals surface area contributed by atoms with Gasteiger partial charge in [-0.3, -0.25) is 19.4 Å². The van der Waals surface area contributed by atoms with Crippen LogP contribution in [0.2, 0.25) is 0 Å². The molecule has 0 amide bonds. The fraction of sp³-hybridized carbons (Fsp3) is 0.316. The van der Waals surface area contributed by atoms with Crippen LogP contribution in [0.5, 0.6) is 5.75 Å². The molecule has 0 aliphatic heterocycles. The highest BCUT2D eigenvalue weighted by atomic mass is 19.4. The number of rotatable bonds is 7. The van der Waals surface area contributed by atoms with Crippen molar-refractivity contribution in [2.75, 3.05) is 7.11 Å². The van der Waals surface area contributed by atoms with E-state index in [0.717, 1.165) is 0 Å². The summed E-state index contributed by atoms with van der Waals surface area (Å²) in [7, 11) is 2.97. The Kier molecular flexibility index (Phi) is 5.99. The van der Waals surface area contributed by atoms with Crippen molar-refractivity contribution in [3.63, 3.8) is 0 Å². The van der Waals surface area contributed by atoms with Crippen LogP contribution in [0.3, 0.4) is 0 Å². The Bertz CT molecular complexity index is 1070. The number of nitrogens with zero attached hydrogens (tertiary/aromatic N) is 2. The van der Waals surface area contributed by atoms with Crippen molar-refractivity contribution in [2.45, 2.75) is 25.1 Å². The van der Waals surface area contributed by atoms with E-state index in [1.807, 2.05) is 0 Å². The number of hydrogen-bond donors (Lipinski definition) is 2. The fourth-order valence-electron chi connectivity index (χ4n) is 3.18. The molecule has 0 aliphatic rings. The summed E-state index contributed by atoms with van der Waals surface area (Å²) in [5.41, 5.74) is 1.73. The molecule has 0 aliphatic carbocycles. The van der Waals surface area contributed by atoms with Crippen LogP contribution in [-0.2, 0) is 23.0 Å². The van der Waals surface area contributed by atoms with Crippen LogP contribution < -0.4 is 10.3 Å². The van der Waals surface area contributed by atoms with Gasteiger partial charge in [-0.2, -0.15) is 5.10 Å². The predicted octanol–water partition coefficient (Wildman–Crippen LogP) is 2.62. The number of aryl methyl sites for hydroxylation is 1. The highest BCUT2D eigenvalue weighted by molar-refractivity contribution is 5.71. The molecule has 0 radical (unpaired) electrons. The van der Waals surface area contributed by atoms with Crippen molar-refractivity contribution in [3.05, 3.63) is 69.4 Å². The molecule has 0 bridgehead atoms. The topological polar surface area (TPSA) is 102 Å². The molecule has 1 atom stereocenters. The maximum Gasteiger partial charge on any atom is 0.573 e. The van der Waals surface area contributed by atoms with Gasteiger partial charge in [-0.05, 0) is 23.3 Å². The van der Waals surface area contributed by atoms with Crippen molar-refractivity contribution >= 4 is 5.97 Å². The first-order chi connectivity index (χ1) is 14.2. The number of hydrogen-bond acceptors (Lipinski definition) is 5. The molecule has 0 saturated carbocycles. The Morgan fingerprint density at radius 1 is 1.23 bits per heavy atom. The summed E-state index contributed by atoms with van der Waals surface area (Å²) in [6.07, 6.45) is -1.36. The minimum Gasteiger partial charge on any atom is -0.469 e. The third-order valence-electron chi connectivity index (χ3n) is 4.51. The molecule has 2 heterocycles. The van der Waals surface area contributed by atoms with Crippen molar-refractivity contribution < 1.29 is 27.4 Å². The second kappa shape index (κ2) is 8.47. The summed E-state index contributed by atoms with van der Waals surface area (Å²) >= 11 is 0. The Morgan fingerprint density at radius 3 is 2.50 bits per heavy atom. The van der Waals surface area contributed by atoms with Crippen LogP contribution >= 0.6 is 0 Å². The Morgan fingerprint density at radius 2 is 1.93 bits per heavy atom. The zero-order chi connectivity index (χ0) is 21.9. The molecule has 3 aromatic rings. The summed E-state index contributed by atoms with van der Waals surface area (Å²) < 4.78 is 47.1. The lowest BCUT2D eigenvalue weighted by Crippen LogP contribution is -2.18. The molecule has 30 heavy (non-hydrogen) atoms. The lowest BCUT2D eigenvalue weighted by atomic mass is 9.89. The van der Waals surface area contributed by atoms with Gasteiger partial charge in [-0.25, -0.2) is 0 Å². The zero-order valence-electron chi connectivity index (χ0n) is 16.1. The summed E-state index contributed by atoms with van der Waals surface area (Å²) in [4.78, 5) is 24.5. The number of nitrogens with one attached hydrogen (secondary N) is 2. The van der Waals surface area contributed by atoms with Gasteiger partial charge in [0, 0.05) is 36.8 Å². The number of ether oxygens (including phenoxy) is 2. The van der Waals surface area contributed by atoms with Crippen LogP contribution in [0.15, 0.2) is 41.5 Å². The number of alkyl halides is 3. The average molecular weight is 424 g/mol. The first-order valence-corrected chi connectivity index (χ1v) is 8.85. The molecule has 160 valence electrons. The SMILES string of the molecule is COC(=O)CC(c1cnn(C)c1)c1c(Cc2ccc(OC(F)(F)F)cc2)[nH][nH]c1=O. The van der Waals surface area contributed by atoms with E-state index in [1.54, 1.807) is 24.1 Å². The number of benzene rings is 1. The summed E-state index contributed by atoms with van der Waals surface area (Å²) in [6, 6.07) is 5.33. The Balaban J connectivity index is 1.91. The van der Waals surface area contributed by atoms with Crippen LogP contribution in [0.4, 0.5) is 13.2 Å². The van der Waals surface area contributed by atoms with Gasteiger partial charge >= 0.3 is 12.3 Å². The van der Waals surface area contributed by atoms with Gasteiger partial charge in [0.2, 0.25) is 0 Å². The molecule has 3 rings (SSSR count). The Labute approximate surface area is 168 Å². The molecule has 11 heteroatoms. The second-order valence-electron chi connectivity index (χ2n) is 6.62. The second-order valence-corrected chi connectivity index (χ2v) is 6.62. The molecule has 2 aromatic heterocycles. The van der Waals surface area contributed by atoms with E-state index in [9.17, 15) is 22.8 Å². The zero-order valence-corrected chi connectivity index (χ0v) is 16.1. The first-order valence-electron chi connectivity index (χ1n) is 8.85. The predicted molar refractivity (Wildman–Crippen MR) is 99.0 cm³/mol. The summed E-state index contributed by atoms with van der Waals surface area (Å²) in [5, 5.41) is 9.41. The minimum absolute atomic E-state index is 0.0749. The highest BCUT2D eigenvalue weighted by Crippen LogP contribution is 2.29. The van der Waals surface area contributed by atoms with E-state index < -0.39 is 23.8 Å². The van der Waals surface area contributed by atoms with Crippen LogP contribution in [0.25, 0.3) is 0 Å². The van der Waals surface area contributed by atoms with E-state index in [4.69, 9.17) is 4.74 Å². The van der Waals surface area contributed by atoms with E-state index in [2.05, 4.69) is 20.0 Å². The third-order valence-corrected chi connectivity index (χ3v) is 4.51. The van der Waals surface area contributed by atoms with Crippen molar-refractivity contribution in [1.82, 2.24) is 20.0 Å². The summed E-state index contributed by atoms with van der Waals surface area (Å²) in [5.74, 6) is -1.44. The monoisotopic (exact) mass is 424 g/mol. The molecule has 8 nitrogen and oxygen atoms in total. The number of H-pyrrole nitrogens is 2. The standard InChI is InChI=1S/C19H19F3N4O4/c1-26-10-12(9-23-26)14(8-16(27)29-2)17-15(24-25-18(17)28)7-11-3-5-13(6-4-11)30-19(20,21)22/h3-6,9-10,14H,7-8H2,1-2H3,(H2,24,25,28). The number of aromatic amines is 2. The van der Waals surface area contributed by atoms with Gasteiger partial charge in [0.05, 0.1) is 19.7 Å². The maximum absolute atomic E-state index is 12.5. The van der Waals surface area contributed by atoms with Gasteiger partial charge in [0.15, 0.2) is 0 Å². The van der Waals surface area contributed by atoms with Gasteiger partial charge in [-0.15, -0.1) is 13.2 Å². The maximum atomic E-state index is 12.5. The number of carbonyl (C=O) groups is 1. The van der Waals surface area contributed by atoms with Crippen molar-refractivity contribution in [1.29, 1.82) is 0 Å². The number of aromatic nitrogens is 4. The third kappa shape index (κ3) is 5.10. The number of esters is 1. The molecule has 2 N–H and O–H groups in total. The number of halogens is 3. The Hall–Kier alpha value is -3.50. The number of carbonyl (C=O) groups excluding carboxylic acids is 1. The fourth-order valence-corrected chi connectivity index (χ4v) is 3.18. The van der Waals surface area contributed by atoms with Crippen molar-refractivity contribution in [2.24, 2.45) is 7.05 Å². The van der Waals surface area contributed by atoms with E-state index in [-0.39, 0.29) is 18.6 Å². The first kappa shape index (κ1) is 21.2. The van der Waals surface area contributed by atoms with Crippen molar-refractivity contribution in [3.8, 4) is 5.75 Å². The quantitative estimate of drug-likeness (QED) is 0.568. The van der Waals surface area contributed by atoms with Crippen LogP contribution in [0.1, 0.15) is 34.7 Å². The number of methoxy groups -OCH3 is 1.